The van der Waals surface area contributed by atoms with Crippen LogP contribution in [0, 0.1) is 5.82 Å². The SMILES string of the molecule is CCCC[C@H](C)NC(=O)[C@H](C)Nc1nc(-c2c[nH]c3ncc(Cl)cc23)ncc1F. The smallest absolute Gasteiger partial charge is 0.242 e. The van der Waals surface area contributed by atoms with Gasteiger partial charge in [0.15, 0.2) is 17.5 Å². The van der Waals surface area contributed by atoms with Crippen LogP contribution in [0.2, 0.25) is 5.02 Å². The molecule has 0 aliphatic carbocycles. The minimum atomic E-state index is -0.657. The Labute approximate surface area is 173 Å². The number of hydrogen-bond donors (Lipinski definition) is 3. The van der Waals surface area contributed by atoms with Gasteiger partial charge >= 0.3 is 0 Å². The molecule has 7 nitrogen and oxygen atoms in total. The third-order valence-electron chi connectivity index (χ3n) is 4.61. The van der Waals surface area contributed by atoms with Crippen molar-refractivity contribution in [3.05, 3.63) is 35.5 Å². The number of H-pyrrole nitrogens is 1. The van der Waals surface area contributed by atoms with Gasteiger partial charge in [0.2, 0.25) is 5.91 Å². The molecule has 0 fully saturated rings. The molecule has 3 aromatic rings. The second kappa shape index (κ2) is 9.17. The Bertz CT molecular complexity index is 1010. The van der Waals surface area contributed by atoms with Crippen molar-refractivity contribution in [2.24, 2.45) is 0 Å². The van der Waals surface area contributed by atoms with Gasteiger partial charge in [-0.1, -0.05) is 31.4 Å². The first-order valence-corrected chi connectivity index (χ1v) is 9.99. The van der Waals surface area contributed by atoms with Crippen LogP contribution in [0.25, 0.3) is 22.4 Å². The summed E-state index contributed by atoms with van der Waals surface area (Å²) >= 11 is 6.03. The van der Waals surface area contributed by atoms with E-state index in [0.29, 0.717) is 22.1 Å². The molecule has 3 heterocycles. The number of aromatic nitrogens is 4. The highest BCUT2D eigenvalue weighted by atomic mass is 35.5. The van der Waals surface area contributed by atoms with Crippen molar-refractivity contribution in [1.29, 1.82) is 0 Å². The Morgan fingerprint density at radius 3 is 2.86 bits per heavy atom. The van der Waals surface area contributed by atoms with E-state index in [0.717, 1.165) is 30.8 Å². The number of aromatic amines is 1. The molecule has 0 aliphatic heterocycles. The van der Waals surface area contributed by atoms with Crippen molar-refractivity contribution in [2.45, 2.75) is 52.1 Å². The van der Waals surface area contributed by atoms with Crippen molar-refractivity contribution in [1.82, 2.24) is 25.3 Å². The fraction of sp³-hybridized carbons (Fsp3) is 0.400. The first-order chi connectivity index (χ1) is 13.9. The van der Waals surface area contributed by atoms with Gasteiger partial charge in [-0.05, 0) is 26.3 Å². The summed E-state index contributed by atoms with van der Waals surface area (Å²) in [4.78, 5) is 28.0. The standard InChI is InChI=1S/C20H24ClFN6O/c1-4-5-6-11(2)26-20(29)12(3)27-19-16(22)10-25-18(28-19)15-9-24-17-14(15)7-13(21)8-23-17/h7-12H,4-6H2,1-3H3,(H,23,24)(H,26,29)(H,25,27,28)/t11-,12-/m0/s1. The number of nitrogens with zero attached hydrogens (tertiary/aromatic N) is 3. The maximum Gasteiger partial charge on any atom is 0.242 e. The van der Waals surface area contributed by atoms with Gasteiger partial charge in [0, 0.05) is 29.4 Å². The first-order valence-electron chi connectivity index (χ1n) is 9.61. The van der Waals surface area contributed by atoms with Gasteiger partial charge < -0.3 is 15.6 Å². The number of pyridine rings is 1. The third-order valence-corrected chi connectivity index (χ3v) is 4.82. The summed E-state index contributed by atoms with van der Waals surface area (Å²) in [6.07, 6.45) is 7.31. The highest BCUT2D eigenvalue weighted by Gasteiger charge is 2.19. The predicted molar refractivity (Wildman–Crippen MR) is 112 cm³/mol. The monoisotopic (exact) mass is 418 g/mol. The zero-order chi connectivity index (χ0) is 21.0. The largest absolute Gasteiger partial charge is 0.356 e. The van der Waals surface area contributed by atoms with E-state index in [-0.39, 0.29) is 17.8 Å². The van der Waals surface area contributed by atoms with E-state index in [9.17, 15) is 9.18 Å². The minimum absolute atomic E-state index is 0.0387. The Hall–Kier alpha value is -2.74. The molecule has 0 spiro atoms. The van der Waals surface area contributed by atoms with E-state index in [4.69, 9.17) is 11.6 Å². The summed E-state index contributed by atoms with van der Waals surface area (Å²) in [5, 5.41) is 6.98. The second-order valence-corrected chi connectivity index (χ2v) is 7.50. The molecule has 1 amide bonds. The molecule has 9 heteroatoms. The first kappa shape index (κ1) is 21.0. The number of hydrogen-bond acceptors (Lipinski definition) is 5. The molecule has 154 valence electrons. The molecule has 2 atom stereocenters. The van der Waals surface area contributed by atoms with Crippen molar-refractivity contribution >= 4 is 34.4 Å². The number of carbonyl (C=O) groups is 1. The van der Waals surface area contributed by atoms with Crippen LogP contribution in [0.5, 0.6) is 0 Å². The summed E-state index contributed by atoms with van der Waals surface area (Å²) in [7, 11) is 0. The fourth-order valence-corrected chi connectivity index (χ4v) is 3.14. The number of halogens is 2. The molecule has 29 heavy (non-hydrogen) atoms. The van der Waals surface area contributed by atoms with Gasteiger partial charge in [-0.3, -0.25) is 4.79 Å². The lowest BCUT2D eigenvalue weighted by molar-refractivity contribution is -0.122. The van der Waals surface area contributed by atoms with Gasteiger partial charge in [-0.25, -0.2) is 19.3 Å². The van der Waals surface area contributed by atoms with E-state index in [1.54, 1.807) is 19.2 Å². The predicted octanol–water partition coefficient (Wildman–Crippen LogP) is 4.31. The van der Waals surface area contributed by atoms with Gasteiger partial charge in [0.25, 0.3) is 0 Å². The third kappa shape index (κ3) is 5.00. The number of rotatable bonds is 8. The van der Waals surface area contributed by atoms with Crippen LogP contribution < -0.4 is 10.6 Å². The van der Waals surface area contributed by atoms with Crippen molar-refractivity contribution in [3.63, 3.8) is 0 Å². The van der Waals surface area contributed by atoms with Crippen molar-refractivity contribution in [3.8, 4) is 11.4 Å². The summed E-state index contributed by atoms with van der Waals surface area (Å²) in [6, 6.07) is 1.14. The highest BCUT2D eigenvalue weighted by Crippen LogP contribution is 2.28. The lowest BCUT2D eigenvalue weighted by Gasteiger charge is -2.19. The molecular weight excluding hydrogens is 395 g/mol. The molecule has 0 unspecified atom stereocenters. The number of carbonyl (C=O) groups excluding carboxylic acids is 1. The maximum atomic E-state index is 14.3. The molecule has 0 aliphatic rings. The van der Waals surface area contributed by atoms with Gasteiger partial charge in [-0.15, -0.1) is 0 Å². The van der Waals surface area contributed by atoms with E-state index in [1.807, 2.05) is 6.92 Å². The van der Waals surface area contributed by atoms with Crippen LogP contribution in [-0.4, -0.2) is 37.9 Å². The number of anilines is 1. The zero-order valence-corrected chi connectivity index (χ0v) is 17.3. The van der Waals surface area contributed by atoms with Gasteiger partial charge in [0.05, 0.1) is 11.2 Å². The lowest BCUT2D eigenvalue weighted by atomic mass is 10.1. The average Bonchev–Trinajstić information content (AvgIpc) is 3.11. The minimum Gasteiger partial charge on any atom is -0.356 e. The van der Waals surface area contributed by atoms with Gasteiger partial charge in [-0.2, -0.15) is 0 Å². The Morgan fingerprint density at radius 2 is 2.10 bits per heavy atom. The number of amides is 1. The molecule has 0 aromatic carbocycles. The fourth-order valence-electron chi connectivity index (χ4n) is 2.98. The molecule has 0 bridgehead atoms. The second-order valence-electron chi connectivity index (χ2n) is 7.06. The number of nitrogens with one attached hydrogen (secondary N) is 3. The normalized spacial score (nSPS) is 13.3. The van der Waals surface area contributed by atoms with E-state index in [1.165, 1.54) is 6.20 Å². The summed E-state index contributed by atoms with van der Waals surface area (Å²) < 4.78 is 14.3. The Balaban J connectivity index is 1.78. The summed E-state index contributed by atoms with van der Waals surface area (Å²) in [5.74, 6) is -0.587. The van der Waals surface area contributed by atoms with Crippen LogP contribution in [-0.2, 0) is 4.79 Å². The highest BCUT2D eigenvalue weighted by molar-refractivity contribution is 6.31. The summed E-state index contributed by atoms with van der Waals surface area (Å²) in [5.41, 5.74) is 1.27. The number of fused-ring (bicyclic) bond motifs is 1. The molecule has 3 aromatic heterocycles. The quantitative estimate of drug-likeness (QED) is 0.506. The molecule has 0 radical (unpaired) electrons. The maximum absolute atomic E-state index is 14.3. The summed E-state index contributed by atoms with van der Waals surface area (Å²) in [6.45, 7) is 5.73. The van der Waals surface area contributed by atoms with Crippen LogP contribution >= 0.6 is 11.6 Å². The molecule has 0 saturated heterocycles. The van der Waals surface area contributed by atoms with E-state index in [2.05, 4.69) is 37.5 Å². The Kier molecular flexibility index (Phi) is 6.64. The molecule has 0 saturated carbocycles. The molecular formula is C20H24ClFN6O. The van der Waals surface area contributed by atoms with Crippen LogP contribution in [0.1, 0.15) is 40.0 Å². The lowest BCUT2D eigenvalue weighted by Crippen LogP contribution is -2.42. The zero-order valence-electron chi connectivity index (χ0n) is 16.6. The van der Waals surface area contributed by atoms with E-state index < -0.39 is 11.9 Å². The topological polar surface area (TPSA) is 95.6 Å². The molecule has 3 N–H and O–H groups in total. The van der Waals surface area contributed by atoms with Crippen LogP contribution in [0.15, 0.2) is 24.7 Å². The van der Waals surface area contributed by atoms with E-state index >= 15 is 0 Å². The Morgan fingerprint density at radius 1 is 1.31 bits per heavy atom. The van der Waals surface area contributed by atoms with Crippen molar-refractivity contribution < 1.29 is 9.18 Å². The van der Waals surface area contributed by atoms with Crippen LogP contribution in [0.4, 0.5) is 10.2 Å². The van der Waals surface area contributed by atoms with Gasteiger partial charge in [0.1, 0.15) is 11.7 Å². The average molecular weight is 419 g/mol. The van der Waals surface area contributed by atoms with Crippen molar-refractivity contribution in [2.75, 3.05) is 5.32 Å². The number of unbranched alkanes of at least 4 members (excludes halogenated alkanes) is 1. The molecule has 3 rings (SSSR count). The van der Waals surface area contributed by atoms with Crippen LogP contribution in [0.3, 0.4) is 0 Å².